The number of nitrogens with zero attached hydrogens (tertiary/aromatic N) is 2. The second-order valence-corrected chi connectivity index (χ2v) is 5.47. The molecule has 0 spiro atoms. The van der Waals surface area contributed by atoms with Crippen molar-refractivity contribution in [3.63, 3.8) is 0 Å². The summed E-state index contributed by atoms with van der Waals surface area (Å²) in [5.74, 6) is 0.514. The van der Waals surface area contributed by atoms with Crippen molar-refractivity contribution in [3.8, 4) is 11.3 Å². The number of benzene rings is 1. The molecule has 2 heterocycles. The Morgan fingerprint density at radius 2 is 1.86 bits per heavy atom. The molecule has 6 heteroatoms. The van der Waals surface area contributed by atoms with Gasteiger partial charge in [-0.2, -0.15) is 0 Å². The van der Waals surface area contributed by atoms with Crippen LogP contribution in [-0.2, 0) is 0 Å². The number of rotatable bonds is 3. The van der Waals surface area contributed by atoms with E-state index in [0.717, 1.165) is 27.1 Å². The Morgan fingerprint density at radius 3 is 2.52 bits per heavy atom. The van der Waals surface area contributed by atoms with Crippen LogP contribution in [0.1, 0.15) is 4.88 Å². The third-order valence-corrected chi connectivity index (χ3v) is 3.70. The maximum atomic E-state index is 13.0. The van der Waals surface area contributed by atoms with Gasteiger partial charge in [0.25, 0.3) is 0 Å². The highest BCUT2D eigenvalue weighted by molar-refractivity contribution is 8.93. The lowest BCUT2D eigenvalue weighted by Crippen LogP contribution is -1.91. The Labute approximate surface area is 136 Å². The first-order chi connectivity index (χ1) is 9.72. The molecular formula is C15H13BrFN3S. The summed E-state index contributed by atoms with van der Waals surface area (Å²) in [6, 6.07) is 12.0. The molecule has 1 N–H and O–H groups in total. The minimum atomic E-state index is -0.242. The van der Waals surface area contributed by atoms with Crippen LogP contribution in [0.4, 0.5) is 15.3 Å². The minimum Gasteiger partial charge on any atom is -0.316 e. The van der Waals surface area contributed by atoms with Gasteiger partial charge < -0.3 is 5.32 Å². The quantitative estimate of drug-likeness (QED) is 0.711. The minimum absolute atomic E-state index is 0. The van der Waals surface area contributed by atoms with Crippen molar-refractivity contribution in [2.45, 2.75) is 6.92 Å². The zero-order valence-corrected chi connectivity index (χ0v) is 13.7. The Kier molecular flexibility index (Phi) is 5.03. The Morgan fingerprint density at radius 1 is 1.10 bits per heavy atom. The Bertz CT molecular complexity index is 714. The van der Waals surface area contributed by atoms with E-state index < -0.39 is 0 Å². The zero-order chi connectivity index (χ0) is 13.9. The van der Waals surface area contributed by atoms with Gasteiger partial charge in [-0.3, -0.25) is 0 Å². The van der Waals surface area contributed by atoms with Crippen molar-refractivity contribution in [1.82, 2.24) is 9.97 Å². The molecule has 2 aromatic heterocycles. The predicted octanol–water partition coefficient (Wildman–Crippen LogP) is 4.97. The van der Waals surface area contributed by atoms with Crippen LogP contribution in [0.25, 0.3) is 11.3 Å². The van der Waals surface area contributed by atoms with Crippen LogP contribution in [0.2, 0.25) is 0 Å². The van der Waals surface area contributed by atoms with Crippen molar-refractivity contribution in [1.29, 1.82) is 0 Å². The van der Waals surface area contributed by atoms with Gasteiger partial charge in [-0.25, -0.2) is 14.4 Å². The highest BCUT2D eigenvalue weighted by Gasteiger charge is 2.10. The second-order valence-electron chi connectivity index (χ2n) is 4.27. The first kappa shape index (κ1) is 15.6. The van der Waals surface area contributed by atoms with Crippen LogP contribution >= 0.6 is 28.3 Å². The maximum Gasteiger partial charge on any atom is 0.189 e. The number of halogens is 2. The fourth-order valence-electron chi connectivity index (χ4n) is 1.87. The predicted molar refractivity (Wildman–Crippen MR) is 90.1 cm³/mol. The fourth-order valence-corrected chi connectivity index (χ4v) is 2.71. The van der Waals surface area contributed by atoms with Gasteiger partial charge in [0, 0.05) is 16.6 Å². The van der Waals surface area contributed by atoms with Gasteiger partial charge in [-0.1, -0.05) is 6.07 Å². The smallest absolute Gasteiger partial charge is 0.189 e. The van der Waals surface area contributed by atoms with E-state index in [1.54, 1.807) is 29.7 Å². The fraction of sp³-hybridized carbons (Fsp3) is 0.0667. The van der Waals surface area contributed by atoms with Gasteiger partial charge >= 0.3 is 0 Å². The molecule has 0 saturated carbocycles. The Hall–Kier alpha value is -1.79. The normalized spacial score (nSPS) is 10.0. The third kappa shape index (κ3) is 3.65. The monoisotopic (exact) mass is 365 g/mol. The van der Waals surface area contributed by atoms with E-state index in [1.807, 2.05) is 25.1 Å². The van der Waals surface area contributed by atoms with Gasteiger partial charge in [0.1, 0.15) is 11.6 Å². The lowest BCUT2D eigenvalue weighted by atomic mass is 10.1. The van der Waals surface area contributed by atoms with Crippen LogP contribution in [-0.4, -0.2) is 9.97 Å². The highest BCUT2D eigenvalue weighted by Crippen LogP contribution is 2.31. The molecule has 0 radical (unpaired) electrons. The van der Waals surface area contributed by atoms with Crippen molar-refractivity contribution in [3.05, 3.63) is 59.4 Å². The number of hydrogen-bond acceptors (Lipinski definition) is 4. The standard InChI is InChI=1S/C15H12FN3S.BrH/c1-10-14(11-5-7-12(16)8-6-11)19-15(20-10)18-13-4-2-3-9-17-13;/h2-9H,1H3,(H,17,18,19);1H. The lowest BCUT2D eigenvalue weighted by Gasteiger charge is -2.00. The molecule has 3 nitrogen and oxygen atoms in total. The largest absolute Gasteiger partial charge is 0.316 e. The first-order valence-corrected chi connectivity index (χ1v) is 6.95. The van der Waals surface area contributed by atoms with E-state index in [9.17, 15) is 4.39 Å². The Balaban J connectivity index is 0.00000161. The summed E-state index contributed by atoms with van der Waals surface area (Å²) in [6.07, 6.45) is 1.73. The molecule has 0 amide bonds. The molecule has 0 atom stereocenters. The zero-order valence-electron chi connectivity index (χ0n) is 11.2. The number of pyridine rings is 1. The summed E-state index contributed by atoms with van der Waals surface area (Å²) in [5.41, 5.74) is 1.78. The highest BCUT2D eigenvalue weighted by atomic mass is 79.9. The van der Waals surface area contributed by atoms with Gasteiger partial charge in [0.05, 0.1) is 5.69 Å². The van der Waals surface area contributed by atoms with E-state index in [2.05, 4.69) is 15.3 Å². The molecule has 21 heavy (non-hydrogen) atoms. The van der Waals surface area contributed by atoms with Crippen molar-refractivity contribution >= 4 is 39.3 Å². The topological polar surface area (TPSA) is 37.8 Å². The number of anilines is 2. The van der Waals surface area contributed by atoms with Gasteiger partial charge in [0.2, 0.25) is 0 Å². The third-order valence-electron chi connectivity index (χ3n) is 2.81. The first-order valence-electron chi connectivity index (χ1n) is 6.14. The van der Waals surface area contributed by atoms with Crippen molar-refractivity contribution in [2.75, 3.05) is 5.32 Å². The molecule has 0 fully saturated rings. The summed E-state index contributed by atoms with van der Waals surface area (Å²) in [5, 5.41) is 3.95. The molecule has 0 aliphatic rings. The second kappa shape index (κ2) is 6.78. The van der Waals surface area contributed by atoms with Crippen LogP contribution < -0.4 is 5.32 Å². The molecule has 1 aromatic carbocycles. The summed E-state index contributed by atoms with van der Waals surface area (Å²) in [4.78, 5) is 9.83. The molecule has 0 saturated heterocycles. The number of nitrogens with one attached hydrogen (secondary N) is 1. The van der Waals surface area contributed by atoms with Crippen LogP contribution in [0.5, 0.6) is 0 Å². The number of hydrogen-bond donors (Lipinski definition) is 1. The summed E-state index contributed by atoms with van der Waals surface area (Å²) in [7, 11) is 0. The average molecular weight is 366 g/mol. The molecule has 0 aliphatic carbocycles. The molecule has 0 bridgehead atoms. The average Bonchev–Trinajstić information content (AvgIpc) is 2.81. The van der Waals surface area contributed by atoms with Crippen LogP contribution in [0.15, 0.2) is 48.7 Å². The molecule has 3 rings (SSSR count). The van der Waals surface area contributed by atoms with E-state index in [4.69, 9.17) is 0 Å². The maximum absolute atomic E-state index is 13.0. The van der Waals surface area contributed by atoms with E-state index in [0.29, 0.717) is 0 Å². The molecule has 108 valence electrons. The molecule has 0 unspecified atom stereocenters. The van der Waals surface area contributed by atoms with Crippen LogP contribution in [0.3, 0.4) is 0 Å². The van der Waals surface area contributed by atoms with Crippen molar-refractivity contribution in [2.24, 2.45) is 0 Å². The van der Waals surface area contributed by atoms with E-state index in [1.165, 1.54) is 12.1 Å². The van der Waals surface area contributed by atoms with E-state index >= 15 is 0 Å². The number of thiazole rings is 1. The van der Waals surface area contributed by atoms with Gasteiger partial charge in [0.15, 0.2) is 5.13 Å². The molecule has 3 aromatic rings. The summed E-state index contributed by atoms with van der Waals surface area (Å²) >= 11 is 1.55. The summed E-state index contributed by atoms with van der Waals surface area (Å²) in [6.45, 7) is 2.00. The SMILES string of the molecule is Br.Cc1sc(Nc2ccccn2)nc1-c1ccc(F)cc1. The number of aryl methyl sites for hydroxylation is 1. The van der Waals surface area contributed by atoms with Crippen molar-refractivity contribution < 1.29 is 4.39 Å². The number of aromatic nitrogens is 2. The van der Waals surface area contributed by atoms with Gasteiger partial charge in [-0.15, -0.1) is 28.3 Å². The summed E-state index contributed by atoms with van der Waals surface area (Å²) < 4.78 is 13.0. The van der Waals surface area contributed by atoms with Gasteiger partial charge in [-0.05, 0) is 43.3 Å². The van der Waals surface area contributed by atoms with Crippen LogP contribution in [0, 0.1) is 12.7 Å². The lowest BCUT2D eigenvalue weighted by molar-refractivity contribution is 0.628. The van der Waals surface area contributed by atoms with E-state index in [-0.39, 0.29) is 22.8 Å². The molecule has 0 aliphatic heterocycles. The molecular weight excluding hydrogens is 353 g/mol.